The largest absolute Gasteiger partial charge is 0.496 e. The van der Waals surface area contributed by atoms with Crippen molar-refractivity contribution in [2.75, 3.05) is 45.7 Å². The van der Waals surface area contributed by atoms with Gasteiger partial charge in [-0.1, -0.05) is 31.7 Å². The fraction of sp³-hybridized carbons (Fsp3) is 0.419. The Morgan fingerprint density at radius 3 is 2.29 bits per heavy atom. The summed E-state index contributed by atoms with van der Waals surface area (Å²) in [4.78, 5) is 83.3. The molecule has 2 saturated heterocycles. The second-order valence-corrected chi connectivity index (χ2v) is 15.1. The molecule has 0 spiro atoms. The fourth-order valence-corrected chi connectivity index (χ4v) is 8.12. The quantitative estimate of drug-likeness (QED) is 0.104. The van der Waals surface area contributed by atoms with Crippen LogP contribution in [0.4, 0.5) is 5.69 Å². The molecule has 304 valence electrons. The van der Waals surface area contributed by atoms with Crippen molar-refractivity contribution >= 4 is 46.0 Å². The van der Waals surface area contributed by atoms with E-state index in [1.165, 1.54) is 0 Å². The molecule has 0 radical (unpaired) electrons. The Kier molecular flexibility index (Phi) is 12.2. The van der Waals surface area contributed by atoms with E-state index in [-0.39, 0.29) is 41.4 Å². The number of rotatable bonds is 17. The van der Waals surface area contributed by atoms with Crippen LogP contribution in [0.5, 0.6) is 11.5 Å². The second kappa shape index (κ2) is 17.6. The summed E-state index contributed by atoms with van der Waals surface area (Å²) in [6.45, 7) is 3.11. The number of amides is 5. The van der Waals surface area contributed by atoms with Gasteiger partial charge < -0.3 is 24.7 Å². The van der Waals surface area contributed by atoms with E-state index >= 15 is 0 Å². The Morgan fingerprint density at radius 2 is 1.59 bits per heavy atom. The number of likely N-dealkylation sites (tertiary alicyclic amines) is 1. The summed E-state index contributed by atoms with van der Waals surface area (Å²) in [5.74, 6) is -0.730. The Hall–Kier alpha value is -6.09. The van der Waals surface area contributed by atoms with Crippen molar-refractivity contribution < 1.29 is 33.4 Å². The first kappa shape index (κ1) is 40.1. The van der Waals surface area contributed by atoms with Gasteiger partial charge in [0.1, 0.15) is 17.5 Å². The van der Waals surface area contributed by atoms with E-state index in [0.717, 1.165) is 65.5 Å². The predicted molar refractivity (Wildman–Crippen MR) is 217 cm³/mol. The minimum Gasteiger partial charge on any atom is -0.496 e. The summed E-state index contributed by atoms with van der Waals surface area (Å²) in [5.41, 5.74) is 3.60. The number of hydrogen-bond donors (Lipinski definition) is 3. The van der Waals surface area contributed by atoms with E-state index in [2.05, 4.69) is 25.8 Å². The van der Waals surface area contributed by atoms with E-state index in [1.54, 1.807) is 56.4 Å². The van der Waals surface area contributed by atoms with Crippen LogP contribution in [0.2, 0.25) is 0 Å². The van der Waals surface area contributed by atoms with Gasteiger partial charge in [-0.15, -0.1) is 0 Å². The van der Waals surface area contributed by atoms with Crippen LogP contribution in [0.3, 0.4) is 0 Å². The minimum absolute atomic E-state index is 0.0699. The van der Waals surface area contributed by atoms with Gasteiger partial charge in [-0.05, 0) is 60.5 Å². The van der Waals surface area contributed by atoms with Crippen molar-refractivity contribution in [2.45, 2.75) is 64.0 Å². The van der Waals surface area contributed by atoms with Gasteiger partial charge >= 0.3 is 0 Å². The standard InChI is InChI=1S/C43H49N7O8/c1-48-24-31(28-15-18-44-21-30(28)41(48)54)26-19-35(57-2)32(36(20-26)58-3)25-49-22-27(23-49)39(52)46-17-9-7-5-4-6-8-16-45-33-12-10-11-29-38(33)43(56)50(42(29)55)34-13-14-37(51)47-40(34)53/h10-12,15,18-21,24,27,34,45H,4-9,13-14,16-17,22-23,25H2,1-3H3,(H,46,52)(H,47,51,53)/t34-/m1/s1. The fourth-order valence-electron chi connectivity index (χ4n) is 8.12. The normalized spacial score (nSPS) is 16.9. The lowest BCUT2D eigenvalue weighted by Gasteiger charge is -2.38. The number of aryl methyl sites for hydroxylation is 1. The number of carbonyl (C=O) groups excluding carboxylic acids is 5. The van der Waals surface area contributed by atoms with Gasteiger partial charge in [0.05, 0.1) is 42.2 Å². The number of piperidine rings is 1. The maximum Gasteiger partial charge on any atom is 0.264 e. The number of unbranched alkanes of at least 4 members (excludes halogenated alkanes) is 5. The summed E-state index contributed by atoms with van der Waals surface area (Å²) >= 11 is 0. The molecular formula is C43H49N7O8. The first-order chi connectivity index (χ1) is 28.1. The molecule has 7 rings (SSSR count). The summed E-state index contributed by atoms with van der Waals surface area (Å²) in [7, 11) is 4.98. The number of imide groups is 2. The maximum absolute atomic E-state index is 13.3. The number of anilines is 1. The first-order valence-electron chi connectivity index (χ1n) is 19.9. The number of aromatic nitrogens is 2. The molecule has 0 bridgehead atoms. The number of ether oxygens (including phenoxy) is 2. The molecule has 1 atom stereocenters. The number of nitrogens with zero attached hydrogens (tertiary/aromatic N) is 4. The molecular weight excluding hydrogens is 743 g/mol. The SMILES string of the molecule is COc1cc(-c2cn(C)c(=O)c3cnccc23)cc(OC)c1CN1CC(C(=O)NCCCCCCCCNc2cccc3c2C(=O)N([C@@H]2CCC(=O)NC2=O)C3=O)C1. The van der Waals surface area contributed by atoms with Crippen LogP contribution in [0, 0.1) is 5.92 Å². The third-order valence-corrected chi connectivity index (χ3v) is 11.3. The van der Waals surface area contributed by atoms with Crippen molar-refractivity contribution in [1.82, 2.24) is 30.0 Å². The summed E-state index contributed by atoms with van der Waals surface area (Å²) in [5, 5.41) is 9.96. The van der Waals surface area contributed by atoms with E-state index in [4.69, 9.17) is 9.47 Å². The first-order valence-corrected chi connectivity index (χ1v) is 19.9. The molecule has 15 heteroatoms. The van der Waals surface area contributed by atoms with Crippen LogP contribution in [0.15, 0.2) is 59.8 Å². The van der Waals surface area contributed by atoms with E-state index in [0.29, 0.717) is 55.3 Å². The van der Waals surface area contributed by atoms with Gasteiger partial charge in [0.2, 0.25) is 17.7 Å². The summed E-state index contributed by atoms with van der Waals surface area (Å²) in [6, 6.07) is 9.84. The number of carbonyl (C=O) groups is 5. The van der Waals surface area contributed by atoms with Crippen molar-refractivity contribution in [1.29, 1.82) is 0 Å². The molecule has 2 aromatic heterocycles. The molecule has 3 aliphatic heterocycles. The smallest absolute Gasteiger partial charge is 0.264 e. The number of hydrogen-bond acceptors (Lipinski definition) is 11. The van der Waals surface area contributed by atoms with E-state index in [1.807, 2.05) is 24.4 Å². The van der Waals surface area contributed by atoms with Crippen LogP contribution in [-0.2, 0) is 28.0 Å². The van der Waals surface area contributed by atoms with Crippen LogP contribution < -0.4 is 31.0 Å². The Balaban J connectivity index is 0.800. The zero-order valence-corrected chi connectivity index (χ0v) is 33.1. The minimum atomic E-state index is -0.992. The van der Waals surface area contributed by atoms with Gasteiger partial charge in [0.15, 0.2) is 0 Å². The van der Waals surface area contributed by atoms with E-state index < -0.39 is 29.7 Å². The highest BCUT2D eigenvalue weighted by Crippen LogP contribution is 2.39. The number of nitrogens with one attached hydrogen (secondary N) is 3. The molecule has 15 nitrogen and oxygen atoms in total. The molecule has 3 aliphatic rings. The molecule has 5 heterocycles. The molecule has 2 fully saturated rings. The molecule has 58 heavy (non-hydrogen) atoms. The van der Waals surface area contributed by atoms with E-state index in [9.17, 15) is 28.8 Å². The number of fused-ring (bicyclic) bond motifs is 2. The van der Waals surface area contributed by atoms with Gasteiger partial charge in [-0.2, -0.15) is 0 Å². The van der Waals surface area contributed by atoms with Crippen molar-refractivity contribution in [3.8, 4) is 22.6 Å². The van der Waals surface area contributed by atoms with Crippen molar-refractivity contribution in [3.63, 3.8) is 0 Å². The molecule has 4 aromatic rings. The number of benzene rings is 2. The molecule has 0 unspecified atom stereocenters. The van der Waals surface area contributed by atoms with Crippen molar-refractivity contribution in [2.24, 2.45) is 13.0 Å². The van der Waals surface area contributed by atoms with Crippen LogP contribution in [0.25, 0.3) is 21.9 Å². The molecule has 0 saturated carbocycles. The Bertz CT molecular complexity index is 2290. The Morgan fingerprint density at radius 1 is 0.879 bits per heavy atom. The van der Waals surface area contributed by atoms with Gasteiger partial charge in [-0.3, -0.25) is 48.9 Å². The molecule has 2 aromatic carbocycles. The van der Waals surface area contributed by atoms with Crippen LogP contribution >= 0.6 is 0 Å². The Labute approximate surface area is 336 Å². The number of methoxy groups -OCH3 is 2. The van der Waals surface area contributed by atoms with Crippen LogP contribution in [0.1, 0.15) is 77.6 Å². The van der Waals surface area contributed by atoms with Crippen LogP contribution in [-0.4, -0.2) is 95.3 Å². The topological polar surface area (TPSA) is 181 Å². The lowest BCUT2D eigenvalue weighted by molar-refractivity contribution is -0.136. The number of pyridine rings is 2. The highest BCUT2D eigenvalue weighted by atomic mass is 16.5. The summed E-state index contributed by atoms with van der Waals surface area (Å²) < 4.78 is 13.2. The zero-order chi connectivity index (χ0) is 40.9. The summed E-state index contributed by atoms with van der Waals surface area (Å²) in [6.07, 6.45) is 11.1. The zero-order valence-electron chi connectivity index (χ0n) is 33.1. The second-order valence-electron chi connectivity index (χ2n) is 15.1. The maximum atomic E-state index is 13.3. The average molecular weight is 792 g/mol. The highest BCUT2D eigenvalue weighted by Gasteiger charge is 2.45. The van der Waals surface area contributed by atoms with Crippen molar-refractivity contribution in [3.05, 3.63) is 82.0 Å². The molecule has 0 aliphatic carbocycles. The molecule has 5 amide bonds. The highest BCUT2D eigenvalue weighted by molar-refractivity contribution is 6.25. The third kappa shape index (κ3) is 8.17. The molecule has 3 N–H and O–H groups in total. The lowest BCUT2D eigenvalue weighted by atomic mass is 9.96. The van der Waals surface area contributed by atoms with Gasteiger partial charge in [0.25, 0.3) is 17.4 Å². The van der Waals surface area contributed by atoms with Gasteiger partial charge in [0, 0.05) is 76.0 Å². The third-order valence-electron chi connectivity index (χ3n) is 11.3. The lowest BCUT2D eigenvalue weighted by Crippen LogP contribution is -2.54. The average Bonchev–Trinajstić information content (AvgIpc) is 3.46. The monoisotopic (exact) mass is 791 g/mol. The van der Waals surface area contributed by atoms with Gasteiger partial charge in [-0.25, -0.2) is 0 Å². The predicted octanol–water partition coefficient (Wildman–Crippen LogP) is 4.02.